The van der Waals surface area contributed by atoms with E-state index in [1.807, 2.05) is 48.3 Å². The van der Waals surface area contributed by atoms with Crippen LogP contribution in [-0.2, 0) is 11.8 Å². The number of esters is 1. The van der Waals surface area contributed by atoms with Crippen molar-refractivity contribution in [3.8, 4) is 5.69 Å². The van der Waals surface area contributed by atoms with Crippen LogP contribution in [0.5, 0.6) is 0 Å². The Bertz CT molecular complexity index is 894. The van der Waals surface area contributed by atoms with Crippen molar-refractivity contribution in [2.45, 2.75) is 58.5 Å². The fourth-order valence-corrected chi connectivity index (χ4v) is 3.45. The number of carbonyl (C=O) groups is 1. The third-order valence-electron chi connectivity index (χ3n) is 5.01. The molecule has 5 heteroatoms. The Balaban J connectivity index is 1.82. The lowest BCUT2D eigenvalue weighted by molar-refractivity contribution is 0.0269. The summed E-state index contributed by atoms with van der Waals surface area (Å²) < 4.78 is 9.61. The van der Waals surface area contributed by atoms with Crippen molar-refractivity contribution >= 4 is 16.9 Å². The van der Waals surface area contributed by atoms with Crippen LogP contribution in [0.15, 0.2) is 42.9 Å². The largest absolute Gasteiger partial charge is 0.459 e. The molecule has 0 aliphatic heterocycles. The van der Waals surface area contributed by atoms with E-state index in [-0.39, 0.29) is 12.1 Å². The zero-order chi connectivity index (χ0) is 19.2. The van der Waals surface area contributed by atoms with Crippen LogP contribution in [0.3, 0.4) is 0 Å². The van der Waals surface area contributed by atoms with Gasteiger partial charge >= 0.3 is 5.97 Å². The minimum atomic E-state index is -0.240. The van der Waals surface area contributed by atoms with Crippen molar-refractivity contribution in [2.75, 3.05) is 0 Å². The zero-order valence-corrected chi connectivity index (χ0v) is 16.5. The first-order chi connectivity index (χ1) is 13.1. The van der Waals surface area contributed by atoms with E-state index in [4.69, 9.17) is 4.74 Å². The van der Waals surface area contributed by atoms with Gasteiger partial charge < -0.3 is 9.30 Å². The quantitative estimate of drug-likeness (QED) is 0.382. The number of carbonyl (C=O) groups excluding carboxylic acids is 1. The molecule has 2 heterocycles. The lowest BCUT2D eigenvalue weighted by Crippen LogP contribution is -2.17. The summed E-state index contributed by atoms with van der Waals surface area (Å²) in [4.78, 5) is 12.9. The molecule has 1 aromatic carbocycles. The van der Waals surface area contributed by atoms with Crippen molar-refractivity contribution in [1.29, 1.82) is 0 Å². The van der Waals surface area contributed by atoms with Gasteiger partial charge in [0, 0.05) is 24.8 Å². The number of para-hydroxylation sites is 1. The lowest BCUT2D eigenvalue weighted by Gasteiger charge is -2.15. The maximum Gasteiger partial charge on any atom is 0.340 e. The first kappa shape index (κ1) is 19.2. The highest BCUT2D eigenvalue weighted by atomic mass is 16.5. The summed E-state index contributed by atoms with van der Waals surface area (Å²) in [6, 6.07) is 7.92. The summed E-state index contributed by atoms with van der Waals surface area (Å²) >= 11 is 0. The maximum atomic E-state index is 12.9. The van der Waals surface area contributed by atoms with Gasteiger partial charge in [0.25, 0.3) is 0 Å². The second-order valence-electron chi connectivity index (χ2n) is 7.09. The molecule has 3 aromatic rings. The van der Waals surface area contributed by atoms with Gasteiger partial charge in [-0.1, -0.05) is 51.3 Å². The lowest BCUT2D eigenvalue weighted by atomic mass is 10.1. The molecule has 5 nitrogen and oxygen atoms in total. The van der Waals surface area contributed by atoms with E-state index in [0.717, 1.165) is 35.9 Å². The van der Waals surface area contributed by atoms with E-state index in [9.17, 15) is 4.79 Å². The highest BCUT2D eigenvalue weighted by molar-refractivity contribution is 6.05. The van der Waals surface area contributed by atoms with E-state index in [0.29, 0.717) is 5.56 Å². The molecule has 0 amide bonds. The zero-order valence-electron chi connectivity index (χ0n) is 16.5. The molecule has 27 heavy (non-hydrogen) atoms. The van der Waals surface area contributed by atoms with Crippen LogP contribution in [0.1, 0.15) is 62.7 Å². The van der Waals surface area contributed by atoms with Crippen molar-refractivity contribution in [3.05, 3.63) is 48.4 Å². The number of unbranched alkanes of at least 4 members (excludes halogenated alkanes) is 3. The molecule has 0 saturated heterocycles. The van der Waals surface area contributed by atoms with Crippen molar-refractivity contribution in [2.24, 2.45) is 7.05 Å². The smallest absolute Gasteiger partial charge is 0.340 e. The Morgan fingerprint density at radius 2 is 1.96 bits per heavy atom. The highest BCUT2D eigenvalue weighted by Crippen LogP contribution is 2.26. The van der Waals surface area contributed by atoms with E-state index >= 15 is 0 Å². The molecule has 0 saturated carbocycles. The Kier molecular flexibility index (Phi) is 6.32. The molecule has 0 spiro atoms. The number of ether oxygens (including phenoxy) is 1. The average Bonchev–Trinajstić information content (AvgIpc) is 3.27. The van der Waals surface area contributed by atoms with Gasteiger partial charge in [-0.3, -0.25) is 4.68 Å². The first-order valence-electron chi connectivity index (χ1n) is 9.94. The topological polar surface area (TPSA) is 49.1 Å². The highest BCUT2D eigenvalue weighted by Gasteiger charge is 2.20. The minimum Gasteiger partial charge on any atom is -0.459 e. The van der Waals surface area contributed by atoms with E-state index < -0.39 is 0 Å². The second kappa shape index (κ2) is 8.89. The van der Waals surface area contributed by atoms with E-state index in [1.165, 1.54) is 19.3 Å². The number of rotatable bonds is 9. The number of aryl methyl sites for hydroxylation is 1. The number of benzene rings is 1. The molecule has 0 bridgehead atoms. The van der Waals surface area contributed by atoms with E-state index in [2.05, 4.69) is 18.9 Å². The molecule has 0 radical (unpaired) electrons. The molecular weight excluding hydrogens is 338 g/mol. The van der Waals surface area contributed by atoms with Gasteiger partial charge in [0.15, 0.2) is 0 Å². The van der Waals surface area contributed by atoms with Gasteiger partial charge in [-0.05, 0) is 25.3 Å². The third-order valence-corrected chi connectivity index (χ3v) is 5.01. The summed E-state index contributed by atoms with van der Waals surface area (Å²) in [6.07, 6.45) is 12.1. The number of fused-ring (bicyclic) bond motifs is 1. The van der Waals surface area contributed by atoms with Crippen molar-refractivity contribution in [3.63, 3.8) is 0 Å². The van der Waals surface area contributed by atoms with Gasteiger partial charge in [0.1, 0.15) is 6.10 Å². The monoisotopic (exact) mass is 367 g/mol. The van der Waals surface area contributed by atoms with Gasteiger partial charge in [0.2, 0.25) is 0 Å². The van der Waals surface area contributed by atoms with Crippen LogP contribution in [-0.4, -0.2) is 26.4 Å². The van der Waals surface area contributed by atoms with Crippen LogP contribution in [0, 0.1) is 0 Å². The van der Waals surface area contributed by atoms with Crippen LogP contribution >= 0.6 is 0 Å². The number of nitrogens with zero attached hydrogens (tertiary/aromatic N) is 3. The predicted molar refractivity (Wildman–Crippen MR) is 108 cm³/mol. The maximum absolute atomic E-state index is 12.9. The van der Waals surface area contributed by atoms with Crippen molar-refractivity contribution < 1.29 is 9.53 Å². The predicted octanol–water partition coefficient (Wildman–Crippen LogP) is 5.27. The molecule has 0 fully saturated rings. The van der Waals surface area contributed by atoms with Gasteiger partial charge in [-0.25, -0.2) is 4.79 Å². The number of aromatic nitrogens is 3. The molecule has 0 N–H and O–H groups in total. The molecule has 3 rings (SSSR count). The van der Waals surface area contributed by atoms with E-state index in [1.54, 1.807) is 10.9 Å². The summed E-state index contributed by atoms with van der Waals surface area (Å²) in [5, 5.41) is 5.15. The van der Waals surface area contributed by atoms with Gasteiger partial charge in [-0.15, -0.1) is 0 Å². The van der Waals surface area contributed by atoms with Gasteiger partial charge in [-0.2, -0.15) is 5.10 Å². The standard InChI is InChI=1S/C22H29N3O2/c1-4-6-7-8-11-18(5-2)27-22(26)20-16-25(17-14-23-24(3)15-17)21-13-10-9-12-19(20)21/h9-10,12-16,18H,4-8,11H2,1-3H3. The summed E-state index contributed by atoms with van der Waals surface area (Å²) in [5.41, 5.74) is 2.52. The Morgan fingerprint density at radius 3 is 2.67 bits per heavy atom. The minimum absolute atomic E-state index is 0.0186. The molecule has 1 unspecified atom stereocenters. The summed E-state index contributed by atoms with van der Waals surface area (Å²) in [5.74, 6) is -0.240. The van der Waals surface area contributed by atoms with Crippen LogP contribution in [0.25, 0.3) is 16.6 Å². The van der Waals surface area contributed by atoms with Crippen LogP contribution in [0.4, 0.5) is 0 Å². The molecule has 1 atom stereocenters. The third kappa shape index (κ3) is 4.41. The van der Waals surface area contributed by atoms with Crippen molar-refractivity contribution in [1.82, 2.24) is 14.3 Å². The van der Waals surface area contributed by atoms with Crippen LogP contribution < -0.4 is 0 Å². The van der Waals surface area contributed by atoms with Crippen LogP contribution in [0.2, 0.25) is 0 Å². The Labute approximate surface area is 160 Å². The molecule has 0 aliphatic rings. The SMILES string of the molecule is CCCCCCC(CC)OC(=O)c1cn(-c2cnn(C)c2)c2ccccc12. The number of hydrogen-bond donors (Lipinski definition) is 0. The second-order valence-corrected chi connectivity index (χ2v) is 7.09. The summed E-state index contributed by atoms with van der Waals surface area (Å²) in [6.45, 7) is 4.28. The first-order valence-corrected chi connectivity index (χ1v) is 9.94. The fourth-order valence-electron chi connectivity index (χ4n) is 3.45. The summed E-state index contributed by atoms with van der Waals surface area (Å²) in [7, 11) is 1.88. The Morgan fingerprint density at radius 1 is 1.15 bits per heavy atom. The normalized spacial score (nSPS) is 12.4. The molecular formula is C22H29N3O2. The molecule has 2 aromatic heterocycles. The average molecular weight is 367 g/mol. The molecule has 0 aliphatic carbocycles. The Hall–Kier alpha value is -2.56. The fraction of sp³-hybridized carbons (Fsp3) is 0.455. The molecule has 144 valence electrons. The van der Waals surface area contributed by atoms with Gasteiger partial charge in [0.05, 0.1) is 23.0 Å². The number of hydrogen-bond acceptors (Lipinski definition) is 3.